The average molecular weight is 678 g/mol. The van der Waals surface area contributed by atoms with Gasteiger partial charge in [0.2, 0.25) is 0 Å². The molecule has 0 unspecified atom stereocenters. The third kappa shape index (κ3) is 6.68. The molecule has 0 fully saturated rings. The van der Waals surface area contributed by atoms with E-state index in [1.165, 1.54) is 12.4 Å². The van der Waals surface area contributed by atoms with Gasteiger partial charge in [-0.3, -0.25) is 23.7 Å². The van der Waals surface area contributed by atoms with Gasteiger partial charge in [-0.15, -0.1) is 17.7 Å². The molecular weight excluding hydrogens is 662 g/mol. The van der Waals surface area contributed by atoms with Crippen molar-refractivity contribution in [3.8, 4) is 22.8 Å². The van der Waals surface area contributed by atoms with Crippen LogP contribution in [0.3, 0.4) is 0 Å². The van der Waals surface area contributed by atoms with Crippen molar-refractivity contribution in [1.82, 2.24) is 25.1 Å². The van der Waals surface area contributed by atoms with E-state index in [0.29, 0.717) is 5.69 Å². The molecule has 7 nitrogen and oxygen atoms in total. The maximum absolute atomic E-state index is 14.0. The van der Waals surface area contributed by atoms with Gasteiger partial charge in [0.25, 0.3) is 0 Å². The summed E-state index contributed by atoms with van der Waals surface area (Å²) in [5.74, 6) is -3.21. The number of halogens is 5. The zero-order chi connectivity index (χ0) is 25.8. The Morgan fingerprint density at radius 1 is 1.06 bits per heavy atom. The predicted molar refractivity (Wildman–Crippen MR) is 117 cm³/mol. The van der Waals surface area contributed by atoms with Crippen LogP contribution in [0.25, 0.3) is 27.6 Å². The Bertz CT molecular complexity index is 1380. The van der Waals surface area contributed by atoms with Crippen LogP contribution in [-0.4, -0.2) is 34.1 Å². The summed E-state index contributed by atoms with van der Waals surface area (Å²) in [7, 11) is 3.68. The number of hydrogen-bond acceptors (Lipinski definition) is 5. The van der Waals surface area contributed by atoms with Crippen LogP contribution in [0.15, 0.2) is 42.7 Å². The number of pyridine rings is 2. The summed E-state index contributed by atoms with van der Waals surface area (Å²) < 4.78 is 63.9. The van der Waals surface area contributed by atoms with Crippen molar-refractivity contribution in [3.05, 3.63) is 83.2 Å². The van der Waals surface area contributed by atoms with E-state index in [0.717, 1.165) is 17.3 Å². The molecule has 0 atom stereocenters. The molecule has 0 amide bonds. The third-order valence-electron chi connectivity index (χ3n) is 4.47. The topological polar surface area (TPSA) is 73.3 Å². The van der Waals surface area contributed by atoms with Crippen LogP contribution in [0.2, 0.25) is 0 Å². The van der Waals surface area contributed by atoms with Crippen molar-refractivity contribution in [1.29, 1.82) is 0 Å². The van der Waals surface area contributed by atoms with Crippen molar-refractivity contribution < 1.29 is 42.1 Å². The van der Waals surface area contributed by atoms with Crippen molar-refractivity contribution in [2.45, 2.75) is 13.1 Å². The summed E-state index contributed by atoms with van der Waals surface area (Å²) in [6.07, 6.45) is -1.57. The molecule has 0 aliphatic carbocycles. The fourth-order valence-electron chi connectivity index (χ4n) is 2.74. The zero-order valence-electron chi connectivity index (χ0n) is 18.9. The minimum Gasteiger partial charge on any atom is -0.413 e. The van der Waals surface area contributed by atoms with Gasteiger partial charge >= 0.3 is 6.18 Å². The number of aryl methyl sites for hydroxylation is 1. The SMILES string of the molecule is Cc1ccnc(-c2nc(C(F)(F)F)n[n-]2)c1.[C-]#[N+]c1c(F)c[c-]c(-c2cc(N(C)C)ccn2)c1F.[Ir]. The van der Waals surface area contributed by atoms with Gasteiger partial charge in [0.15, 0.2) is 5.69 Å². The fraction of sp³-hybridized carbons (Fsp3) is 0.174. The van der Waals surface area contributed by atoms with Crippen molar-refractivity contribution in [2.24, 2.45) is 0 Å². The van der Waals surface area contributed by atoms with E-state index < -0.39 is 29.3 Å². The Kier molecular flexibility index (Phi) is 9.33. The van der Waals surface area contributed by atoms with E-state index in [9.17, 15) is 22.0 Å². The Hall–Kier alpha value is -3.75. The molecule has 3 heterocycles. The molecule has 0 aliphatic rings. The smallest absolute Gasteiger partial charge is 0.413 e. The quantitative estimate of drug-likeness (QED) is 0.218. The normalized spacial score (nSPS) is 10.5. The van der Waals surface area contributed by atoms with Crippen LogP contribution in [0.5, 0.6) is 0 Å². The monoisotopic (exact) mass is 678 g/mol. The zero-order valence-corrected chi connectivity index (χ0v) is 21.3. The largest absolute Gasteiger partial charge is 0.429 e. The molecule has 3 aromatic heterocycles. The van der Waals surface area contributed by atoms with E-state index in [1.807, 2.05) is 19.0 Å². The minimum atomic E-state index is -4.57. The number of nitrogens with zero attached hydrogens (tertiary/aromatic N) is 7. The van der Waals surface area contributed by atoms with Crippen LogP contribution >= 0.6 is 0 Å². The summed E-state index contributed by atoms with van der Waals surface area (Å²) in [4.78, 5) is 15.9. The fourth-order valence-corrected chi connectivity index (χ4v) is 2.74. The molecule has 0 saturated carbocycles. The number of alkyl halides is 3. The molecule has 0 spiro atoms. The van der Waals surface area contributed by atoms with Crippen LogP contribution in [0.4, 0.5) is 33.3 Å². The summed E-state index contributed by atoms with van der Waals surface area (Å²) in [5.41, 5.74) is 1.65. The first-order valence-corrected chi connectivity index (χ1v) is 9.79. The molecule has 1 aromatic carbocycles. The number of anilines is 1. The first kappa shape index (κ1) is 28.5. The predicted octanol–water partition coefficient (Wildman–Crippen LogP) is 5.26. The standard InChI is InChI=1S/C14H10F2N3.C9H6F3N4.Ir/c1-17-14-11(15)5-4-10(13(14)16)12-8-9(19(2)3)6-7-18-12;1-5-2-3-13-6(4-5)7-14-8(16-15-7)9(10,11)12;/h5-8H,2-3H3;2-4H,1H3;/q2*-1;. The van der Waals surface area contributed by atoms with Gasteiger partial charge in [0.1, 0.15) is 5.82 Å². The second kappa shape index (κ2) is 11.8. The first-order chi connectivity index (χ1) is 16.5. The number of rotatable bonds is 3. The molecule has 0 N–H and O–H groups in total. The van der Waals surface area contributed by atoms with Crippen LogP contribution in [0.1, 0.15) is 11.4 Å². The third-order valence-corrected chi connectivity index (χ3v) is 4.47. The average Bonchev–Trinajstić information content (AvgIpc) is 3.31. The van der Waals surface area contributed by atoms with E-state index >= 15 is 0 Å². The minimum absolute atomic E-state index is 0. The Labute approximate surface area is 216 Å². The maximum Gasteiger partial charge on any atom is 0.429 e. The number of benzene rings is 1. The first-order valence-electron chi connectivity index (χ1n) is 9.79. The molecule has 1 radical (unpaired) electrons. The van der Waals surface area contributed by atoms with E-state index in [4.69, 9.17) is 6.57 Å². The summed E-state index contributed by atoms with van der Waals surface area (Å²) in [5, 5.41) is 6.32. The van der Waals surface area contributed by atoms with Gasteiger partial charge in [-0.2, -0.15) is 13.2 Å². The van der Waals surface area contributed by atoms with Gasteiger partial charge in [0, 0.05) is 63.9 Å². The summed E-state index contributed by atoms with van der Waals surface area (Å²) >= 11 is 0. The van der Waals surface area contributed by atoms with Crippen LogP contribution < -0.4 is 10.00 Å². The molecule has 4 rings (SSSR count). The molecule has 36 heavy (non-hydrogen) atoms. The molecule has 0 aliphatic heterocycles. The van der Waals surface area contributed by atoms with Crippen LogP contribution in [0, 0.1) is 31.2 Å². The van der Waals surface area contributed by atoms with Crippen molar-refractivity contribution >= 4 is 11.4 Å². The van der Waals surface area contributed by atoms with Gasteiger partial charge in [-0.05, 0) is 42.2 Å². The van der Waals surface area contributed by atoms with Gasteiger partial charge in [-0.1, -0.05) is 6.07 Å². The van der Waals surface area contributed by atoms with Gasteiger partial charge in [0.05, 0.1) is 12.3 Å². The van der Waals surface area contributed by atoms with Gasteiger partial charge < -0.3 is 20.0 Å². The maximum atomic E-state index is 14.0. The van der Waals surface area contributed by atoms with E-state index in [2.05, 4.69) is 36.1 Å². The summed E-state index contributed by atoms with van der Waals surface area (Å²) in [6, 6.07) is 10.2. The Morgan fingerprint density at radius 3 is 2.31 bits per heavy atom. The Balaban J connectivity index is 0.000000250. The number of aromatic nitrogens is 5. The van der Waals surface area contributed by atoms with E-state index in [-0.39, 0.29) is 37.2 Å². The molecular formula is C23H16F5IrN7-2. The van der Waals surface area contributed by atoms with Gasteiger partial charge in [-0.25, -0.2) is 0 Å². The van der Waals surface area contributed by atoms with Crippen molar-refractivity contribution in [2.75, 3.05) is 19.0 Å². The second-order valence-electron chi connectivity index (χ2n) is 7.25. The molecule has 189 valence electrons. The molecule has 4 aromatic rings. The number of hydrogen-bond donors (Lipinski definition) is 0. The van der Waals surface area contributed by atoms with Crippen molar-refractivity contribution in [3.63, 3.8) is 0 Å². The molecule has 0 saturated heterocycles. The molecule has 13 heteroatoms. The molecule has 0 bridgehead atoms. The summed E-state index contributed by atoms with van der Waals surface area (Å²) in [6.45, 7) is 8.60. The van der Waals surface area contributed by atoms with Crippen LogP contribution in [-0.2, 0) is 26.3 Å². The Morgan fingerprint density at radius 2 is 1.72 bits per heavy atom. The second-order valence-corrected chi connectivity index (χ2v) is 7.25. The van der Waals surface area contributed by atoms with E-state index in [1.54, 1.807) is 31.2 Å².